The van der Waals surface area contributed by atoms with Crippen LogP contribution in [0.2, 0.25) is 0 Å². The predicted molar refractivity (Wildman–Crippen MR) is 78.5 cm³/mol. The van der Waals surface area contributed by atoms with Gasteiger partial charge < -0.3 is 14.9 Å². The smallest absolute Gasteiger partial charge is 0.336 e. The van der Waals surface area contributed by atoms with E-state index in [1.807, 2.05) is 13.0 Å². The van der Waals surface area contributed by atoms with E-state index in [0.29, 0.717) is 28.6 Å². The van der Waals surface area contributed by atoms with Crippen molar-refractivity contribution in [2.75, 3.05) is 5.73 Å². The van der Waals surface area contributed by atoms with Crippen molar-refractivity contribution in [3.8, 4) is 11.6 Å². The summed E-state index contributed by atoms with van der Waals surface area (Å²) in [7, 11) is 0. The lowest BCUT2D eigenvalue weighted by Crippen LogP contribution is -2.00. The van der Waals surface area contributed by atoms with Crippen LogP contribution in [0.25, 0.3) is 11.0 Å². The number of fused-ring (bicyclic) bond motifs is 1. The third-order valence-corrected chi connectivity index (χ3v) is 3.21. The number of anilines is 1. The number of benzene rings is 1. The summed E-state index contributed by atoms with van der Waals surface area (Å²) < 4.78 is 10.9. The Bertz CT molecular complexity index is 887. The summed E-state index contributed by atoms with van der Waals surface area (Å²) in [6.07, 6.45) is 1.34. The monoisotopic (exact) mass is 283 g/mol. The summed E-state index contributed by atoms with van der Waals surface area (Å²) in [5, 5.41) is 0.862. The number of rotatable bonds is 2. The van der Waals surface area contributed by atoms with Crippen LogP contribution in [0.1, 0.15) is 11.1 Å². The number of aromatic nitrogens is 2. The molecule has 0 unspecified atom stereocenters. The third kappa shape index (κ3) is 2.43. The van der Waals surface area contributed by atoms with E-state index in [2.05, 4.69) is 9.97 Å². The van der Waals surface area contributed by atoms with Gasteiger partial charge in [-0.05, 0) is 31.5 Å². The van der Waals surface area contributed by atoms with Crippen LogP contribution in [0.5, 0.6) is 11.6 Å². The molecule has 0 atom stereocenters. The number of nitrogen functional groups attached to an aromatic ring is 1. The Morgan fingerprint density at radius 1 is 1.19 bits per heavy atom. The maximum atomic E-state index is 11.4. The van der Waals surface area contributed by atoms with Gasteiger partial charge in [0.05, 0.1) is 5.56 Å². The predicted octanol–water partition coefficient (Wildman–Crippen LogP) is 2.57. The molecule has 0 aliphatic rings. The van der Waals surface area contributed by atoms with Crippen molar-refractivity contribution >= 4 is 16.8 Å². The average Bonchev–Trinajstić information content (AvgIpc) is 2.43. The Labute approximate surface area is 120 Å². The first-order chi connectivity index (χ1) is 10.0. The van der Waals surface area contributed by atoms with Gasteiger partial charge in [0.1, 0.15) is 23.5 Å². The summed E-state index contributed by atoms with van der Waals surface area (Å²) in [4.78, 5) is 19.4. The molecule has 0 aliphatic carbocycles. The normalized spacial score (nSPS) is 10.8. The Kier molecular flexibility index (Phi) is 3.06. The lowest BCUT2D eigenvalue weighted by Gasteiger charge is -2.09. The molecular formula is C15H13N3O3. The summed E-state index contributed by atoms with van der Waals surface area (Å²) in [6.45, 7) is 3.63. The van der Waals surface area contributed by atoms with E-state index in [1.165, 1.54) is 12.4 Å². The lowest BCUT2D eigenvalue weighted by molar-refractivity contribution is 0.456. The van der Waals surface area contributed by atoms with Crippen molar-refractivity contribution in [1.29, 1.82) is 0 Å². The van der Waals surface area contributed by atoms with Gasteiger partial charge in [-0.25, -0.2) is 14.8 Å². The molecule has 1 aromatic carbocycles. The van der Waals surface area contributed by atoms with Crippen molar-refractivity contribution < 1.29 is 9.15 Å². The zero-order valence-corrected chi connectivity index (χ0v) is 11.6. The van der Waals surface area contributed by atoms with Crippen LogP contribution < -0.4 is 16.1 Å². The lowest BCUT2D eigenvalue weighted by atomic mass is 10.1. The molecule has 6 heteroatoms. The molecule has 2 heterocycles. The number of aryl methyl sites for hydroxylation is 1. The molecule has 0 saturated heterocycles. The van der Waals surface area contributed by atoms with Crippen molar-refractivity contribution in [3.63, 3.8) is 0 Å². The highest BCUT2D eigenvalue weighted by molar-refractivity contribution is 5.81. The van der Waals surface area contributed by atoms with E-state index in [1.54, 1.807) is 19.1 Å². The highest BCUT2D eigenvalue weighted by Gasteiger charge is 2.09. The molecule has 0 radical (unpaired) electrons. The van der Waals surface area contributed by atoms with Crippen LogP contribution in [0.15, 0.2) is 39.8 Å². The number of hydrogen-bond donors (Lipinski definition) is 1. The second-order valence-corrected chi connectivity index (χ2v) is 4.70. The van der Waals surface area contributed by atoms with E-state index in [0.717, 1.165) is 10.9 Å². The number of nitrogens with zero attached hydrogens (tertiary/aromatic N) is 2. The largest absolute Gasteiger partial charge is 0.438 e. The van der Waals surface area contributed by atoms with E-state index in [4.69, 9.17) is 14.9 Å². The second kappa shape index (κ2) is 4.90. The third-order valence-electron chi connectivity index (χ3n) is 3.21. The molecule has 3 aromatic rings. The van der Waals surface area contributed by atoms with Gasteiger partial charge in [-0.2, -0.15) is 0 Å². The molecule has 0 saturated carbocycles. The van der Waals surface area contributed by atoms with Gasteiger partial charge in [0.15, 0.2) is 0 Å². The Balaban J connectivity index is 2.05. The summed E-state index contributed by atoms with van der Waals surface area (Å²) >= 11 is 0. The molecule has 0 amide bonds. The zero-order valence-electron chi connectivity index (χ0n) is 11.6. The molecule has 21 heavy (non-hydrogen) atoms. The molecule has 0 spiro atoms. The van der Waals surface area contributed by atoms with Gasteiger partial charge in [-0.15, -0.1) is 0 Å². The number of ether oxygens (including phenoxy) is 1. The first-order valence-corrected chi connectivity index (χ1v) is 6.34. The van der Waals surface area contributed by atoms with Crippen molar-refractivity contribution in [2.45, 2.75) is 13.8 Å². The Morgan fingerprint density at radius 3 is 2.81 bits per heavy atom. The van der Waals surface area contributed by atoms with Gasteiger partial charge in [-0.1, -0.05) is 0 Å². The minimum atomic E-state index is -0.389. The fraction of sp³-hybridized carbons (Fsp3) is 0.133. The quantitative estimate of drug-likeness (QED) is 0.727. The number of hydrogen-bond acceptors (Lipinski definition) is 6. The molecular weight excluding hydrogens is 270 g/mol. The zero-order chi connectivity index (χ0) is 15.0. The van der Waals surface area contributed by atoms with Crippen LogP contribution in [-0.4, -0.2) is 9.97 Å². The Hall–Kier alpha value is -2.89. The molecule has 3 rings (SSSR count). The first-order valence-electron chi connectivity index (χ1n) is 6.34. The van der Waals surface area contributed by atoms with Gasteiger partial charge in [0.25, 0.3) is 0 Å². The van der Waals surface area contributed by atoms with Crippen molar-refractivity contribution in [1.82, 2.24) is 9.97 Å². The standard InChI is InChI=1S/C15H13N3O3/c1-8-5-13(19)21-12-6-10(3-4-11(8)12)20-15-9(2)14(16)17-7-18-15/h3-7H,1-2H3,(H2,16,17,18). The molecule has 106 valence electrons. The topological polar surface area (TPSA) is 91.2 Å². The van der Waals surface area contributed by atoms with Gasteiger partial charge in [0, 0.05) is 17.5 Å². The van der Waals surface area contributed by atoms with Gasteiger partial charge in [0.2, 0.25) is 5.88 Å². The Morgan fingerprint density at radius 2 is 2.00 bits per heavy atom. The van der Waals surface area contributed by atoms with Gasteiger partial charge in [-0.3, -0.25) is 0 Å². The average molecular weight is 283 g/mol. The van der Waals surface area contributed by atoms with Crippen LogP contribution in [0.3, 0.4) is 0 Å². The second-order valence-electron chi connectivity index (χ2n) is 4.70. The summed E-state index contributed by atoms with van der Waals surface area (Å²) in [6, 6.07) is 6.73. The minimum absolute atomic E-state index is 0.364. The highest BCUT2D eigenvalue weighted by Crippen LogP contribution is 2.28. The summed E-state index contributed by atoms with van der Waals surface area (Å²) in [5.41, 5.74) is 7.31. The van der Waals surface area contributed by atoms with E-state index >= 15 is 0 Å². The van der Waals surface area contributed by atoms with Gasteiger partial charge >= 0.3 is 5.63 Å². The molecule has 2 N–H and O–H groups in total. The van der Waals surface area contributed by atoms with E-state index < -0.39 is 0 Å². The molecule has 6 nitrogen and oxygen atoms in total. The number of nitrogens with two attached hydrogens (primary N) is 1. The maximum Gasteiger partial charge on any atom is 0.336 e. The first kappa shape index (κ1) is 13.1. The fourth-order valence-electron chi connectivity index (χ4n) is 2.03. The van der Waals surface area contributed by atoms with Crippen LogP contribution in [0.4, 0.5) is 5.82 Å². The van der Waals surface area contributed by atoms with Crippen molar-refractivity contribution in [3.05, 3.63) is 52.1 Å². The van der Waals surface area contributed by atoms with E-state index in [9.17, 15) is 4.79 Å². The van der Waals surface area contributed by atoms with Crippen molar-refractivity contribution in [2.24, 2.45) is 0 Å². The van der Waals surface area contributed by atoms with E-state index in [-0.39, 0.29) is 5.63 Å². The van der Waals surface area contributed by atoms with Crippen LogP contribution in [-0.2, 0) is 0 Å². The maximum absolute atomic E-state index is 11.4. The van der Waals surface area contributed by atoms with Crippen LogP contribution >= 0.6 is 0 Å². The molecule has 0 bridgehead atoms. The molecule has 0 fully saturated rings. The van der Waals surface area contributed by atoms with Crippen LogP contribution in [0, 0.1) is 13.8 Å². The minimum Gasteiger partial charge on any atom is -0.438 e. The highest BCUT2D eigenvalue weighted by atomic mass is 16.5. The fourth-order valence-corrected chi connectivity index (χ4v) is 2.03. The SMILES string of the molecule is Cc1c(N)ncnc1Oc1ccc2c(C)cc(=O)oc2c1. The molecule has 2 aromatic heterocycles. The molecule has 0 aliphatic heterocycles. The summed E-state index contributed by atoms with van der Waals surface area (Å²) in [5.74, 6) is 1.25.